The molecule has 0 atom stereocenters. The first kappa shape index (κ1) is 70.3. The van der Waals surface area contributed by atoms with E-state index in [4.69, 9.17) is 60.6 Å². The maximum absolute atomic E-state index is 13.8. The van der Waals surface area contributed by atoms with E-state index in [0.29, 0.717) is 60.2 Å². The largest absolute Gasteiger partial charge is 0.477 e. The van der Waals surface area contributed by atoms with Crippen molar-refractivity contribution in [1.82, 2.24) is 19.1 Å². The minimum Gasteiger partial charge on any atom is -0.477 e. The van der Waals surface area contributed by atoms with Crippen LogP contribution in [-0.4, -0.2) is 67.9 Å². The second-order valence-corrected chi connectivity index (χ2v) is 21.2. The van der Waals surface area contributed by atoms with Crippen molar-refractivity contribution in [2.45, 2.75) is 52.4 Å². The first-order valence-corrected chi connectivity index (χ1v) is 29.1. The van der Waals surface area contributed by atoms with E-state index in [2.05, 4.69) is 9.97 Å². The number of hydrogen-bond acceptors (Lipinski definition) is 7. The van der Waals surface area contributed by atoms with Crippen molar-refractivity contribution in [1.29, 1.82) is 0 Å². The smallest absolute Gasteiger partial charge is 0.431 e. The molecule has 0 fully saturated rings. The molecule has 10 aromatic rings. The molecular formula is C67H53Cl4F9N4O8. The van der Waals surface area contributed by atoms with Crippen molar-refractivity contribution < 1.29 is 78.0 Å². The second-order valence-electron chi connectivity index (χ2n) is 19.5. The average molecular weight is 1350 g/mol. The number of aromatic amines is 2. The Morgan fingerprint density at radius 3 is 1.14 bits per heavy atom. The highest BCUT2D eigenvalue weighted by atomic mass is 35.5. The maximum Gasteiger partial charge on any atom is 0.431 e. The minimum absolute atomic E-state index is 0.00239. The van der Waals surface area contributed by atoms with Gasteiger partial charge in [-0.15, -0.1) is 0 Å². The average Bonchev–Trinajstić information content (AvgIpc) is 1.63. The molecule has 0 aliphatic rings. The van der Waals surface area contributed by atoms with Crippen molar-refractivity contribution in [3.8, 4) is 44.5 Å². The number of hydrogen-bond donors (Lipinski definition) is 3. The summed E-state index contributed by atoms with van der Waals surface area (Å²) in [5.41, 5.74) is 1.22. The number of nitrogens with one attached hydrogen (secondary N) is 2. The predicted molar refractivity (Wildman–Crippen MR) is 333 cm³/mol. The van der Waals surface area contributed by atoms with Crippen molar-refractivity contribution in [2.24, 2.45) is 0 Å². The number of H-pyrrole nitrogens is 2. The zero-order chi connectivity index (χ0) is 67.1. The number of esters is 3. The SMILES string of the molecule is CCOC(=O)c1[nH]c(C(F)(F)F)cc1-c1ccc(Cl)cc1.CCOC(=O)c1[nH]ccc1-c1ccc(Cl)cc1.CCOC(=O)c1c(-c2ccc(Cl)cc2)cc(C(F)(F)F)n1Cc1ccccc1.O=C(O)c1c(-c2ccc(Cl)cc2)cc(C(F)(F)F)n1Cc1ccccc1. The Labute approximate surface area is 540 Å². The van der Waals surface area contributed by atoms with Gasteiger partial charge in [0.2, 0.25) is 0 Å². The van der Waals surface area contributed by atoms with Crippen LogP contribution in [0, 0.1) is 0 Å². The quantitative estimate of drug-likeness (QED) is 0.0520. The van der Waals surface area contributed by atoms with Crippen molar-refractivity contribution in [3.05, 3.63) is 259 Å². The Kier molecular flexibility index (Phi) is 23.9. The molecule has 25 heteroatoms. The molecule has 480 valence electrons. The molecule has 0 saturated heterocycles. The lowest BCUT2D eigenvalue weighted by molar-refractivity contribution is -0.144. The molecule has 0 unspecified atom stereocenters. The number of benzene rings is 6. The fourth-order valence-electron chi connectivity index (χ4n) is 9.22. The summed E-state index contributed by atoms with van der Waals surface area (Å²) in [7, 11) is 0. The van der Waals surface area contributed by atoms with Gasteiger partial charge in [-0.1, -0.05) is 156 Å². The summed E-state index contributed by atoms with van der Waals surface area (Å²) in [5, 5.41) is 11.6. The van der Waals surface area contributed by atoms with Gasteiger partial charge in [-0.3, -0.25) is 0 Å². The zero-order valence-corrected chi connectivity index (χ0v) is 51.6. The third kappa shape index (κ3) is 18.3. The van der Waals surface area contributed by atoms with Crippen LogP contribution < -0.4 is 0 Å². The molecule has 3 N–H and O–H groups in total. The molecule has 0 aliphatic carbocycles. The van der Waals surface area contributed by atoms with Gasteiger partial charge in [-0.25, -0.2) is 19.2 Å². The normalized spacial score (nSPS) is 11.3. The van der Waals surface area contributed by atoms with E-state index in [1.807, 2.05) is 18.2 Å². The van der Waals surface area contributed by atoms with Gasteiger partial charge in [0.25, 0.3) is 0 Å². The minimum atomic E-state index is -4.69. The number of alkyl halides is 9. The van der Waals surface area contributed by atoms with Crippen molar-refractivity contribution in [3.63, 3.8) is 0 Å². The first-order valence-electron chi connectivity index (χ1n) is 27.6. The van der Waals surface area contributed by atoms with E-state index in [1.165, 1.54) is 48.5 Å². The highest BCUT2D eigenvalue weighted by Crippen LogP contribution is 2.41. The summed E-state index contributed by atoms with van der Waals surface area (Å²) in [6.07, 6.45) is -12.2. The fraction of sp³-hybridized carbons (Fsp3) is 0.164. The van der Waals surface area contributed by atoms with Crippen molar-refractivity contribution >= 4 is 70.3 Å². The Morgan fingerprint density at radius 1 is 0.424 bits per heavy atom. The zero-order valence-electron chi connectivity index (χ0n) is 48.5. The molecule has 0 bridgehead atoms. The van der Waals surface area contributed by atoms with Gasteiger partial charge in [-0.2, -0.15) is 39.5 Å². The molecule has 4 aromatic heterocycles. The van der Waals surface area contributed by atoms with Gasteiger partial charge in [0, 0.05) is 61.6 Å². The number of rotatable bonds is 15. The van der Waals surface area contributed by atoms with E-state index >= 15 is 0 Å². The van der Waals surface area contributed by atoms with Crippen LogP contribution in [0.1, 0.15) is 90.9 Å². The molecule has 12 nitrogen and oxygen atoms in total. The summed E-state index contributed by atoms with van der Waals surface area (Å²) in [6.45, 7) is 5.13. The predicted octanol–water partition coefficient (Wildman–Crippen LogP) is 19.7. The lowest BCUT2D eigenvalue weighted by atomic mass is 10.1. The highest BCUT2D eigenvalue weighted by Gasteiger charge is 2.40. The standard InChI is InChI=1S/C21H17ClF3NO2.C19H13ClF3NO2.C14H11ClF3NO2.C13H12ClNO2/c1-2-28-20(27)19-17(15-8-10-16(22)11-9-15)12-18(21(23,24)25)26(19)13-14-6-4-3-5-7-14;20-14-8-6-13(7-9-14)15-10-16(19(21,22)23)24(17(15)18(25)26)11-12-4-2-1-3-5-12;1-2-21-13(20)12-10(7-11(19-12)14(16,17)18)8-3-5-9(15)6-4-8;1-2-17-13(16)12-11(7-8-15-12)9-3-5-10(14)6-4-9/h3-12H,2,13H2,1H3;1-10H,11H2,(H,25,26);3-7,19H,2H2,1H3;3-8,15H,2H2,1H3. The summed E-state index contributed by atoms with van der Waals surface area (Å²) in [6, 6.07) is 47.4. The molecule has 92 heavy (non-hydrogen) atoms. The monoisotopic (exact) mass is 1350 g/mol. The van der Waals surface area contributed by atoms with E-state index in [9.17, 15) is 63.8 Å². The van der Waals surface area contributed by atoms with Crippen LogP contribution in [0.4, 0.5) is 39.5 Å². The fourth-order valence-corrected chi connectivity index (χ4v) is 9.72. The van der Waals surface area contributed by atoms with E-state index in [1.54, 1.807) is 124 Å². The van der Waals surface area contributed by atoms with E-state index < -0.39 is 59.2 Å². The summed E-state index contributed by atoms with van der Waals surface area (Å²) in [5.74, 6) is -3.42. The molecule has 4 heterocycles. The number of halogens is 13. The molecule has 0 spiro atoms. The molecule has 0 amide bonds. The molecule has 0 aliphatic heterocycles. The molecular weight excluding hydrogens is 1300 g/mol. The number of carbonyl (C=O) groups is 4. The number of ether oxygens (including phenoxy) is 3. The lowest BCUT2D eigenvalue weighted by Gasteiger charge is -2.15. The Bertz CT molecular complexity index is 4110. The van der Waals surface area contributed by atoms with Crippen LogP contribution in [0.25, 0.3) is 44.5 Å². The van der Waals surface area contributed by atoms with Gasteiger partial charge >= 0.3 is 42.4 Å². The van der Waals surface area contributed by atoms with Crippen LogP contribution in [0.15, 0.2) is 188 Å². The second kappa shape index (κ2) is 31.2. The highest BCUT2D eigenvalue weighted by molar-refractivity contribution is 6.31. The number of carboxylic acid groups (broad SMARTS) is 1. The van der Waals surface area contributed by atoms with Gasteiger partial charge in [0.1, 0.15) is 39.9 Å². The number of nitrogens with zero attached hydrogens (tertiary/aromatic N) is 2. The van der Waals surface area contributed by atoms with E-state index in [-0.39, 0.29) is 60.4 Å². The van der Waals surface area contributed by atoms with Crippen LogP contribution in [0.2, 0.25) is 20.1 Å². The topological polar surface area (TPSA) is 158 Å². The lowest BCUT2D eigenvalue weighted by Crippen LogP contribution is -2.19. The van der Waals surface area contributed by atoms with Gasteiger partial charge in [-0.05, 0) is 127 Å². The number of carbonyl (C=O) groups excluding carboxylic acids is 3. The first-order chi connectivity index (χ1) is 43.6. The van der Waals surface area contributed by atoms with Crippen LogP contribution in [-0.2, 0) is 45.8 Å². The van der Waals surface area contributed by atoms with Crippen LogP contribution >= 0.6 is 46.4 Å². The van der Waals surface area contributed by atoms with Gasteiger partial charge in [0.15, 0.2) is 0 Å². The van der Waals surface area contributed by atoms with Crippen LogP contribution in [0.5, 0.6) is 0 Å². The summed E-state index contributed by atoms with van der Waals surface area (Å²) in [4.78, 5) is 52.9. The van der Waals surface area contributed by atoms with E-state index in [0.717, 1.165) is 38.5 Å². The number of aromatic carboxylic acids is 1. The van der Waals surface area contributed by atoms with Gasteiger partial charge < -0.3 is 38.4 Å². The van der Waals surface area contributed by atoms with Gasteiger partial charge in [0.05, 0.1) is 19.8 Å². The Morgan fingerprint density at radius 2 is 0.772 bits per heavy atom. The Balaban J connectivity index is 0.000000177. The van der Waals surface area contributed by atoms with Crippen molar-refractivity contribution in [2.75, 3.05) is 19.8 Å². The molecule has 10 rings (SSSR count). The molecule has 0 saturated carbocycles. The number of aromatic nitrogens is 4. The Hall–Kier alpha value is -9.15. The molecule has 0 radical (unpaired) electrons. The summed E-state index contributed by atoms with van der Waals surface area (Å²) < 4.78 is 137. The third-order valence-corrected chi connectivity index (χ3v) is 14.3. The third-order valence-electron chi connectivity index (χ3n) is 13.3. The molecule has 6 aromatic carbocycles. The van der Waals surface area contributed by atoms with Crippen LogP contribution in [0.3, 0.4) is 0 Å². The maximum atomic E-state index is 13.8. The number of carboxylic acids is 1. The summed E-state index contributed by atoms with van der Waals surface area (Å²) >= 11 is 23.3.